The first-order valence-corrected chi connectivity index (χ1v) is 13.5. The van der Waals surface area contributed by atoms with Gasteiger partial charge in [0.25, 0.3) is 0 Å². The summed E-state index contributed by atoms with van der Waals surface area (Å²) in [6.07, 6.45) is 0.376. The van der Waals surface area contributed by atoms with E-state index < -0.39 is 6.04 Å². The van der Waals surface area contributed by atoms with Crippen molar-refractivity contribution in [2.45, 2.75) is 24.8 Å². The van der Waals surface area contributed by atoms with Gasteiger partial charge in [0.2, 0.25) is 11.8 Å². The van der Waals surface area contributed by atoms with Gasteiger partial charge in [-0.1, -0.05) is 88.9 Å². The first kappa shape index (κ1) is 27.7. The third-order valence-electron chi connectivity index (χ3n) is 5.35. The lowest BCUT2D eigenvalue weighted by atomic mass is 10.0. The highest BCUT2D eigenvalue weighted by atomic mass is 35.5. The predicted molar refractivity (Wildman–Crippen MR) is 148 cm³/mol. The minimum atomic E-state index is -0.705. The van der Waals surface area contributed by atoms with Gasteiger partial charge in [0.15, 0.2) is 0 Å². The van der Waals surface area contributed by atoms with E-state index in [0.29, 0.717) is 32.3 Å². The molecule has 2 amide bonds. The van der Waals surface area contributed by atoms with Gasteiger partial charge in [-0.05, 0) is 41.0 Å². The number of carbonyl (C=O) groups is 2. The molecule has 3 aromatic carbocycles. The van der Waals surface area contributed by atoms with Crippen molar-refractivity contribution in [1.29, 1.82) is 0 Å². The zero-order valence-electron chi connectivity index (χ0n) is 18.9. The standard InChI is InChI=1S/C26H24Cl4N2O2S/c1-31-26(34)24(12-17-5-3-2-4-6-17)32(14-18-7-10-21(28)23(30)11-18)25(33)16-35-15-19-8-9-20(27)13-22(19)29/h2-11,13,24H,12,14-16H2,1H3,(H,31,34). The first-order valence-electron chi connectivity index (χ1n) is 10.8. The largest absolute Gasteiger partial charge is 0.357 e. The van der Waals surface area contributed by atoms with Gasteiger partial charge in [0.05, 0.1) is 15.8 Å². The average molecular weight is 570 g/mol. The van der Waals surface area contributed by atoms with E-state index in [0.717, 1.165) is 16.7 Å². The highest BCUT2D eigenvalue weighted by molar-refractivity contribution is 7.99. The second-order valence-corrected chi connectivity index (χ2v) is 10.5. The van der Waals surface area contributed by atoms with Gasteiger partial charge in [0.1, 0.15) is 6.04 Å². The molecule has 0 heterocycles. The van der Waals surface area contributed by atoms with Gasteiger partial charge in [-0.2, -0.15) is 0 Å². The van der Waals surface area contributed by atoms with Crippen molar-refractivity contribution in [3.8, 4) is 0 Å². The number of nitrogens with zero attached hydrogens (tertiary/aromatic N) is 1. The molecule has 0 aromatic heterocycles. The molecule has 3 rings (SSSR count). The number of thioether (sulfide) groups is 1. The fraction of sp³-hybridized carbons (Fsp3) is 0.231. The smallest absolute Gasteiger partial charge is 0.242 e. The normalized spacial score (nSPS) is 11.7. The summed E-state index contributed by atoms with van der Waals surface area (Å²) in [5.41, 5.74) is 2.62. The van der Waals surface area contributed by atoms with E-state index in [1.54, 1.807) is 42.3 Å². The zero-order valence-corrected chi connectivity index (χ0v) is 22.8. The van der Waals surface area contributed by atoms with Crippen LogP contribution in [0, 0.1) is 0 Å². The Morgan fingerprint density at radius 3 is 2.29 bits per heavy atom. The Hall–Kier alpha value is -1.89. The van der Waals surface area contributed by atoms with E-state index in [1.807, 2.05) is 36.4 Å². The third kappa shape index (κ3) is 8.06. The molecular formula is C26H24Cl4N2O2S. The van der Waals surface area contributed by atoms with Crippen LogP contribution in [0.5, 0.6) is 0 Å². The molecule has 0 aliphatic heterocycles. The number of rotatable bonds is 10. The van der Waals surface area contributed by atoms with Crippen LogP contribution in [-0.4, -0.2) is 35.6 Å². The molecule has 1 unspecified atom stereocenters. The molecule has 0 radical (unpaired) electrons. The molecule has 4 nitrogen and oxygen atoms in total. The lowest BCUT2D eigenvalue weighted by Crippen LogP contribution is -2.50. The summed E-state index contributed by atoms with van der Waals surface area (Å²) in [5, 5.41) is 4.63. The second-order valence-electron chi connectivity index (χ2n) is 7.82. The second kappa shape index (κ2) is 13.4. The van der Waals surface area contributed by atoms with Crippen molar-refractivity contribution in [3.63, 3.8) is 0 Å². The van der Waals surface area contributed by atoms with Crippen molar-refractivity contribution in [3.05, 3.63) is 104 Å². The van der Waals surface area contributed by atoms with Crippen molar-refractivity contribution in [1.82, 2.24) is 10.2 Å². The number of hydrogen-bond acceptors (Lipinski definition) is 3. The molecular weight excluding hydrogens is 546 g/mol. The van der Waals surface area contributed by atoms with Crippen LogP contribution in [0.25, 0.3) is 0 Å². The molecule has 35 heavy (non-hydrogen) atoms. The molecule has 0 saturated heterocycles. The Labute approximate surface area is 229 Å². The van der Waals surface area contributed by atoms with Crippen LogP contribution in [-0.2, 0) is 28.3 Å². The van der Waals surface area contributed by atoms with Gasteiger partial charge in [-0.15, -0.1) is 11.8 Å². The van der Waals surface area contributed by atoms with E-state index in [-0.39, 0.29) is 24.1 Å². The summed E-state index contributed by atoms with van der Waals surface area (Å²) in [7, 11) is 1.57. The van der Waals surface area contributed by atoms with Crippen molar-refractivity contribution in [2.75, 3.05) is 12.8 Å². The van der Waals surface area contributed by atoms with Gasteiger partial charge < -0.3 is 10.2 Å². The molecule has 184 valence electrons. The predicted octanol–water partition coefficient (Wildman–Crippen LogP) is 6.92. The topological polar surface area (TPSA) is 49.4 Å². The fourth-order valence-electron chi connectivity index (χ4n) is 3.53. The van der Waals surface area contributed by atoms with Crippen LogP contribution < -0.4 is 5.32 Å². The summed E-state index contributed by atoms with van der Waals surface area (Å²) in [5.74, 6) is 0.289. The van der Waals surface area contributed by atoms with E-state index in [2.05, 4.69) is 5.32 Å². The Morgan fingerprint density at radius 2 is 1.63 bits per heavy atom. The quantitative estimate of drug-likeness (QED) is 0.288. The summed E-state index contributed by atoms with van der Waals surface area (Å²) >= 11 is 26.0. The Balaban J connectivity index is 1.83. The summed E-state index contributed by atoms with van der Waals surface area (Å²) < 4.78 is 0. The number of likely N-dealkylation sites (N-methyl/N-ethyl adjacent to an activating group) is 1. The molecule has 0 fully saturated rings. The number of benzene rings is 3. The highest BCUT2D eigenvalue weighted by Crippen LogP contribution is 2.27. The number of halogens is 4. The van der Waals surface area contributed by atoms with E-state index in [9.17, 15) is 9.59 Å². The summed E-state index contributed by atoms with van der Waals surface area (Å²) in [6.45, 7) is 0.211. The average Bonchev–Trinajstić information content (AvgIpc) is 2.85. The molecule has 3 aromatic rings. The maximum atomic E-state index is 13.5. The summed E-state index contributed by atoms with van der Waals surface area (Å²) in [6, 6.07) is 19.4. The maximum Gasteiger partial charge on any atom is 0.242 e. The van der Waals surface area contributed by atoms with Crippen LogP contribution in [0.4, 0.5) is 0 Å². The molecule has 0 aliphatic rings. The molecule has 1 atom stereocenters. The molecule has 0 spiro atoms. The Bertz CT molecular complexity index is 1180. The third-order valence-corrected chi connectivity index (χ3v) is 7.64. The van der Waals surface area contributed by atoms with Crippen molar-refractivity contribution < 1.29 is 9.59 Å². The van der Waals surface area contributed by atoms with Gasteiger partial charge in [-0.3, -0.25) is 9.59 Å². The molecule has 0 saturated carbocycles. The van der Waals surface area contributed by atoms with Crippen LogP contribution in [0.1, 0.15) is 16.7 Å². The van der Waals surface area contributed by atoms with E-state index in [4.69, 9.17) is 46.4 Å². The van der Waals surface area contributed by atoms with Crippen molar-refractivity contribution in [2.24, 2.45) is 0 Å². The number of carbonyl (C=O) groups excluding carboxylic acids is 2. The Kier molecular flexibility index (Phi) is 10.6. The lowest BCUT2D eigenvalue weighted by Gasteiger charge is -2.31. The lowest BCUT2D eigenvalue weighted by molar-refractivity contribution is -0.139. The molecule has 1 N–H and O–H groups in total. The minimum absolute atomic E-state index is 0.169. The number of amides is 2. The van der Waals surface area contributed by atoms with Gasteiger partial charge in [0, 0.05) is 35.8 Å². The van der Waals surface area contributed by atoms with Crippen molar-refractivity contribution >= 4 is 70.0 Å². The highest BCUT2D eigenvalue weighted by Gasteiger charge is 2.29. The SMILES string of the molecule is CNC(=O)C(Cc1ccccc1)N(Cc1ccc(Cl)c(Cl)c1)C(=O)CSCc1ccc(Cl)cc1Cl. The number of hydrogen-bond donors (Lipinski definition) is 1. The Morgan fingerprint density at radius 1 is 0.886 bits per heavy atom. The molecule has 0 bridgehead atoms. The zero-order chi connectivity index (χ0) is 25.4. The molecule has 0 aliphatic carbocycles. The van der Waals surface area contributed by atoms with Gasteiger partial charge >= 0.3 is 0 Å². The number of nitrogens with one attached hydrogen (secondary N) is 1. The monoisotopic (exact) mass is 568 g/mol. The first-order chi connectivity index (χ1) is 16.8. The van der Waals surface area contributed by atoms with E-state index in [1.165, 1.54) is 11.8 Å². The molecule has 9 heteroatoms. The fourth-order valence-corrected chi connectivity index (χ4v) is 5.31. The van der Waals surface area contributed by atoms with Crippen LogP contribution in [0.3, 0.4) is 0 Å². The van der Waals surface area contributed by atoms with Crippen LogP contribution >= 0.6 is 58.2 Å². The van der Waals surface area contributed by atoms with Gasteiger partial charge in [-0.25, -0.2) is 0 Å². The van der Waals surface area contributed by atoms with Crippen LogP contribution in [0.2, 0.25) is 20.1 Å². The summed E-state index contributed by atoms with van der Waals surface area (Å²) in [4.78, 5) is 28.0. The van der Waals surface area contributed by atoms with E-state index >= 15 is 0 Å². The van der Waals surface area contributed by atoms with Crippen LogP contribution in [0.15, 0.2) is 66.7 Å². The maximum absolute atomic E-state index is 13.5. The minimum Gasteiger partial charge on any atom is -0.357 e.